The summed E-state index contributed by atoms with van der Waals surface area (Å²) in [5, 5.41) is 0.953. The lowest BCUT2D eigenvalue weighted by molar-refractivity contribution is -0.0211. The summed E-state index contributed by atoms with van der Waals surface area (Å²) < 4.78 is 16.0. The maximum atomic E-state index is 11.8. The molecule has 0 radical (unpaired) electrons. The van der Waals surface area contributed by atoms with Crippen LogP contribution in [-0.4, -0.2) is 37.8 Å². The van der Waals surface area contributed by atoms with E-state index in [4.69, 9.17) is 13.9 Å². The van der Waals surface area contributed by atoms with Crippen LogP contribution in [0.25, 0.3) is 11.0 Å². The molecule has 1 aliphatic heterocycles. The van der Waals surface area contributed by atoms with Gasteiger partial charge < -0.3 is 13.9 Å². The summed E-state index contributed by atoms with van der Waals surface area (Å²) in [7, 11) is 1.60. The Balaban J connectivity index is 1.95. The van der Waals surface area contributed by atoms with Gasteiger partial charge in [0.2, 0.25) is 0 Å². The van der Waals surface area contributed by atoms with Crippen LogP contribution >= 0.6 is 0 Å². The maximum Gasteiger partial charge on any atom is 0.336 e. The van der Waals surface area contributed by atoms with Crippen LogP contribution in [0, 0.1) is 0 Å². The Labute approximate surface area is 123 Å². The van der Waals surface area contributed by atoms with Crippen LogP contribution in [0.5, 0.6) is 5.75 Å². The van der Waals surface area contributed by atoms with Crippen molar-refractivity contribution in [2.45, 2.75) is 19.6 Å². The van der Waals surface area contributed by atoms with E-state index >= 15 is 0 Å². The van der Waals surface area contributed by atoms with Gasteiger partial charge in [0.05, 0.1) is 19.8 Å². The molecule has 3 rings (SSSR count). The smallest absolute Gasteiger partial charge is 0.336 e. The number of rotatable bonds is 3. The van der Waals surface area contributed by atoms with E-state index in [-0.39, 0.29) is 11.7 Å². The molecular weight excluding hydrogens is 270 g/mol. The molecule has 1 unspecified atom stereocenters. The van der Waals surface area contributed by atoms with Crippen LogP contribution in [0.1, 0.15) is 12.5 Å². The minimum absolute atomic E-state index is 0.227. The normalized spacial score (nSPS) is 19.8. The Morgan fingerprint density at radius 3 is 3.00 bits per heavy atom. The van der Waals surface area contributed by atoms with Gasteiger partial charge in [-0.2, -0.15) is 0 Å². The van der Waals surface area contributed by atoms with Crippen molar-refractivity contribution in [2.24, 2.45) is 0 Å². The molecule has 0 amide bonds. The Morgan fingerprint density at radius 1 is 1.38 bits per heavy atom. The molecule has 1 aromatic carbocycles. The number of hydrogen-bond donors (Lipinski definition) is 0. The number of methoxy groups -OCH3 is 1. The third kappa shape index (κ3) is 3.09. The van der Waals surface area contributed by atoms with Gasteiger partial charge >= 0.3 is 5.63 Å². The van der Waals surface area contributed by atoms with Crippen molar-refractivity contribution in [3.8, 4) is 5.75 Å². The molecule has 5 nitrogen and oxygen atoms in total. The lowest BCUT2D eigenvalue weighted by atomic mass is 10.1. The Bertz CT molecular complexity index is 694. The molecule has 0 aliphatic carbocycles. The molecule has 112 valence electrons. The minimum atomic E-state index is -0.327. The first-order valence-corrected chi connectivity index (χ1v) is 7.10. The third-order valence-electron chi connectivity index (χ3n) is 3.76. The Morgan fingerprint density at radius 2 is 2.24 bits per heavy atom. The summed E-state index contributed by atoms with van der Waals surface area (Å²) in [5.74, 6) is 0.683. The zero-order chi connectivity index (χ0) is 14.8. The lowest BCUT2D eigenvalue weighted by Gasteiger charge is -2.31. The van der Waals surface area contributed by atoms with Crippen LogP contribution < -0.4 is 10.4 Å². The van der Waals surface area contributed by atoms with E-state index in [2.05, 4.69) is 11.8 Å². The van der Waals surface area contributed by atoms with Crippen molar-refractivity contribution in [2.75, 3.05) is 26.8 Å². The fourth-order valence-electron chi connectivity index (χ4n) is 2.74. The molecule has 1 atom stereocenters. The fourth-order valence-corrected chi connectivity index (χ4v) is 2.74. The highest BCUT2D eigenvalue weighted by Gasteiger charge is 2.18. The largest absolute Gasteiger partial charge is 0.497 e. The van der Waals surface area contributed by atoms with Crippen molar-refractivity contribution in [3.05, 3.63) is 40.2 Å². The van der Waals surface area contributed by atoms with Crippen molar-refractivity contribution < 1.29 is 13.9 Å². The molecule has 5 heteroatoms. The Hall–Kier alpha value is -1.85. The van der Waals surface area contributed by atoms with Crippen molar-refractivity contribution in [1.29, 1.82) is 0 Å². The summed E-state index contributed by atoms with van der Waals surface area (Å²) in [6, 6.07) is 7.15. The molecular formula is C16H19NO4. The summed E-state index contributed by atoms with van der Waals surface area (Å²) >= 11 is 0. The number of fused-ring (bicyclic) bond motifs is 1. The summed E-state index contributed by atoms with van der Waals surface area (Å²) in [4.78, 5) is 14.1. The second-order valence-electron chi connectivity index (χ2n) is 5.37. The third-order valence-corrected chi connectivity index (χ3v) is 3.76. The number of ether oxygens (including phenoxy) is 2. The van der Waals surface area contributed by atoms with Crippen LogP contribution in [0.3, 0.4) is 0 Å². The zero-order valence-electron chi connectivity index (χ0n) is 12.3. The van der Waals surface area contributed by atoms with E-state index in [9.17, 15) is 4.79 Å². The van der Waals surface area contributed by atoms with Gasteiger partial charge in [0.25, 0.3) is 0 Å². The van der Waals surface area contributed by atoms with Crippen molar-refractivity contribution in [1.82, 2.24) is 4.90 Å². The molecule has 21 heavy (non-hydrogen) atoms. The topological polar surface area (TPSA) is 51.9 Å². The highest BCUT2D eigenvalue weighted by Crippen LogP contribution is 2.23. The van der Waals surface area contributed by atoms with Gasteiger partial charge in [-0.25, -0.2) is 4.79 Å². The molecule has 2 aromatic rings. The van der Waals surface area contributed by atoms with Crippen LogP contribution in [-0.2, 0) is 11.3 Å². The highest BCUT2D eigenvalue weighted by molar-refractivity contribution is 5.81. The second kappa shape index (κ2) is 5.87. The van der Waals surface area contributed by atoms with Gasteiger partial charge in [-0.15, -0.1) is 0 Å². The first kappa shape index (κ1) is 14.1. The standard InChI is InChI=1S/C16H19NO4/c1-11-9-17(5-6-20-11)10-12-7-16(18)21-15-8-13(19-2)3-4-14(12)15/h3-4,7-8,11H,5-6,9-10H2,1-2H3. The predicted molar refractivity (Wildman–Crippen MR) is 79.7 cm³/mol. The van der Waals surface area contributed by atoms with Gasteiger partial charge in [0.15, 0.2) is 0 Å². The van der Waals surface area contributed by atoms with Gasteiger partial charge in [0.1, 0.15) is 11.3 Å². The number of hydrogen-bond acceptors (Lipinski definition) is 5. The lowest BCUT2D eigenvalue weighted by Crippen LogP contribution is -2.40. The molecule has 0 spiro atoms. The molecule has 1 aliphatic rings. The molecule has 0 saturated carbocycles. The monoisotopic (exact) mass is 289 g/mol. The fraction of sp³-hybridized carbons (Fsp3) is 0.438. The van der Waals surface area contributed by atoms with E-state index in [0.29, 0.717) is 11.3 Å². The molecule has 1 aromatic heterocycles. The van der Waals surface area contributed by atoms with Gasteiger partial charge in [-0.05, 0) is 24.6 Å². The number of benzene rings is 1. The Kier molecular flexibility index (Phi) is 3.94. The molecule has 1 fully saturated rings. The van der Waals surface area contributed by atoms with E-state index in [1.54, 1.807) is 19.2 Å². The molecule has 0 N–H and O–H groups in total. The molecule has 1 saturated heterocycles. The minimum Gasteiger partial charge on any atom is -0.497 e. The average Bonchev–Trinajstić information content (AvgIpc) is 2.46. The van der Waals surface area contributed by atoms with Gasteiger partial charge in [0, 0.05) is 37.2 Å². The SMILES string of the molecule is COc1ccc2c(CN3CCOC(C)C3)cc(=O)oc2c1. The van der Waals surface area contributed by atoms with E-state index in [1.165, 1.54) is 0 Å². The predicted octanol–water partition coefficient (Wildman–Crippen LogP) is 2.02. The van der Waals surface area contributed by atoms with Gasteiger partial charge in [-0.1, -0.05) is 0 Å². The van der Waals surface area contributed by atoms with Gasteiger partial charge in [-0.3, -0.25) is 4.90 Å². The van der Waals surface area contributed by atoms with Crippen LogP contribution in [0.4, 0.5) is 0 Å². The van der Waals surface area contributed by atoms with Crippen LogP contribution in [0.15, 0.2) is 33.5 Å². The summed E-state index contributed by atoms with van der Waals surface area (Å²) in [6.45, 7) is 5.27. The summed E-state index contributed by atoms with van der Waals surface area (Å²) in [6.07, 6.45) is 0.227. The molecule has 2 heterocycles. The van der Waals surface area contributed by atoms with Crippen LogP contribution in [0.2, 0.25) is 0 Å². The second-order valence-corrected chi connectivity index (χ2v) is 5.37. The number of nitrogens with zero attached hydrogens (tertiary/aromatic N) is 1. The first-order valence-electron chi connectivity index (χ1n) is 7.10. The quantitative estimate of drug-likeness (QED) is 0.809. The van der Waals surface area contributed by atoms with E-state index in [0.717, 1.165) is 37.2 Å². The van der Waals surface area contributed by atoms with E-state index < -0.39 is 0 Å². The van der Waals surface area contributed by atoms with E-state index in [1.807, 2.05) is 12.1 Å². The van der Waals surface area contributed by atoms with Crippen molar-refractivity contribution >= 4 is 11.0 Å². The first-order chi connectivity index (χ1) is 10.2. The maximum absolute atomic E-state index is 11.8. The number of morpholine rings is 1. The average molecular weight is 289 g/mol. The molecule has 0 bridgehead atoms. The van der Waals surface area contributed by atoms with Crippen molar-refractivity contribution in [3.63, 3.8) is 0 Å². The highest BCUT2D eigenvalue weighted by atomic mass is 16.5. The summed E-state index contributed by atoms with van der Waals surface area (Å²) in [5.41, 5.74) is 1.23. The zero-order valence-corrected chi connectivity index (χ0v) is 12.3.